The van der Waals surface area contributed by atoms with Gasteiger partial charge in [0.1, 0.15) is 11.2 Å². The van der Waals surface area contributed by atoms with Gasteiger partial charge in [0.15, 0.2) is 5.75 Å². The number of para-hydroxylation sites is 1. The zero-order valence-electron chi connectivity index (χ0n) is 14.8. The highest BCUT2D eigenvalue weighted by atomic mass is 32.1. The molecule has 0 spiro atoms. The van der Waals surface area contributed by atoms with Crippen LogP contribution in [0.2, 0.25) is 0 Å². The number of hydrogen-bond donors (Lipinski definition) is 1. The quantitative estimate of drug-likeness (QED) is 0.550. The highest BCUT2D eigenvalue weighted by molar-refractivity contribution is 7.10. The van der Waals surface area contributed by atoms with Crippen LogP contribution in [0.3, 0.4) is 0 Å². The summed E-state index contributed by atoms with van der Waals surface area (Å²) in [6.07, 6.45) is 0. The molecule has 4 rings (SSSR count). The first kappa shape index (κ1) is 17.4. The molecular formula is C20H17NO5S. The zero-order valence-corrected chi connectivity index (χ0v) is 15.6. The molecule has 1 unspecified atom stereocenters. The van der Waals surface area contributed by atoms with Crippen LogP contribution < -0.4 is 16.1 Å². The minimum absolute atomic E-state index is 0.0606. The van der Waals surface area contributed by atoms with E-state index in [0.29, 0.717) is 16.7 Å². The second-order valence-corrected chi connectivity index (χ2v) is 7.08. The number of rotatable bonds is 3. The fourth-order valence-corrected chi connectivity index (χ4v) is 4.36. The third-order valence-corrected chi connectivity index (χ3v) is 5.60. The van der Waals surface area contributed by atoms with E-state index in [9.17, 15) is 9.59 Å². The number of benzene rings is 1. The predicted molar refractivity (Wildman–Crippen MR) is 102 cm³/mol. The van der Waals surface area contributed by atoms with Crippen LogP contribution in [0.25, 0.3) is 11.0 Å². The number of aryl methyl sites for hydroxylation is 1. The second-order valence-electron chi connectivity index (χ2n) is 6.13. The molecule has 1 aliphatic rings. The number of ether oxygens (including phenoxy) is 2. The first-order valence-electron chi connectivity index (χ1n) is 8.47. The monoisotopic (exact) mass is 383 g/mol. The molecule has 2 N–H and O–H groups in total. The molecule has 0 saturated heterocycles. The van der Waals surface area contributed by atoms with Crippen LogP contribution in [0.1, 0.15) is 28.8 Å². The van der Waals surface area contributed by atoms with Crippen molar-refractivity contribution in [3.8, 4) is 5.75 Å². The van der Waals surface area contributed by atoms with Crippen LogP contribution in [0.15, 0.2) is 56.4 Å². The highest BCUT2D eigenvalue weighted by Crippen LogP contribution is 2.46. The van der Waals surface area contributed by atoms with Gasteiger partial charge >= 0.3 is 11.6 Å². The van der Waals surface area contributed by atoms with Gasteiger partial charge in [-0.3, -0.25) is 0 Å². The van der Waals surface area contributed by atoms with E-state index in [1.165, 1.54) is 11.3 Å². The zero-order chi connectivity index (χ0) is 19.1. The Morgan fingerprint density at radius 1 is 1.30 bits per heavy atom. The van der Waals surface area contributed by atoms with Crippen LogP contribution in [0, 0.1) is 6.92 Å². The Labute approximate surface area is 158 Å². The standard InChI is InChI=1S/C20H17NO5S/c1-3-24-19(22)15-13(17-10(2)8-9-27-17)14-16(26-18(15)21)11-6-4-5-7-12(11)25-20(14)23/h4-9,13H,3,21H2,1-2H3. The molecule has 0 radical (unpaired) electrons. The lowest BCUT2D eigenvalue weighted by molar-refractivity contribution is -0.139. The number of hydrogen-bond acceptors (Lipinski definition) is 7. The summed E-state index contributed by atoms with van der Waals surface area (Å²) in [5.74, 6) is -1.04. The maximum absolute atomic E-state index is 12.9. The molecule has 138 valence electrons. The van der Waals surface area contributed by atoms with Gasteiger partial charge in [0.05, 0.1) is 23.5 Å². The normalized spacial score (nSPS) is 16.1. The van der Waals surface area contributed by atoms with Crippen LogP contribution in [-0.4, -0.2) is 12.6 Å². The van der Waals surface area contributed by atoms with Gasteiger partial charge in [-0.05, 0) is 43.0 Å². The van der Waals surface area contributed by atoms with Crippen molar-refractivity contribution in [3.63, 3.8) is 0 Å². The van der Waals surface area contributed by atoms with E-state index in [1.54, 1.807) is 25.1 Å². The first-order valence-corrected chi connectivity index (χ1v) is 9.35. The lowest BCUT2D eigenvalue weighted by Crippen LogP contribution is -2.31. The number of esters is 1. The Morgan fingerprint density at radius 2 is 2.07 bits per heavy atom. The molecule has 3 heterocycles. The molecule has 0 bridgehead atoms. The lowest BCUT2D eigenvalue weighted by Gasteiger charge is -2.27. The Hall–Kier alpha value is -3.06. The summed E-state index contributed by atoms with van der Waals surface area (Å²) >= 11 is 1.44. The van der Waals surface area contributed by atoms with Crippen molar-refractivity contribution < 1.29 is 18.7 Å². The third kappa shape index (κ3) is 2.71. The molecule has 2 aromatic heterocycles. The second kappa shape index (κ2) is 6.59. The number of carbonyl (C=O) groups is 1. The number of thiophene rings is 1. The number of carbonyl (C=O) groups excluding carboxylic acids is 1. The first-order chi connectivity index (χ1) is 13.0. The van der Waals surface area contributed by atoms with Gasteiger partial charge in [-0.25, -0.2) is 9.59 Å². The SMILES string of the molecule is CCOC(=O)C1=C(N)Oc2c(c(=O)oc3ccccc23)C1c1sccc1C. The Morgan fingerprint density at radius 3 is 2.78 bits per heavy atom. The average Bonchev–Trinajstić information content (AvgIpc) is 3.06. The number of fused-ring (bicyclic) bond motifs is 3. The van der Waals surface area contributed by atoms with E-state index in [-0.39, 0.29) is 23.6 Å². The Bertz CT molecular complexity index is 1140. The van der Waals surface area contributed by atoms with Crippen molar-refractivity contribution in [2.24, 2.45) is 5.73 Å². The molecule has 0 aliphatic carbocycles. The smallest absolute Gasteiger partial charge is 0.344 e. The van der Waals surface area contributed by atoms with E-state index in [4.69, 9.17) is 19.6 Å². The third-order valence-electron chi connectivity index (χ3n) is 4.51. The summed E-state index contributed by atoms with van der Waals surface area (Å²) in [6.45, 7) is 3.81. The minimum atomic E-state index is -0.700. The molecule has 0 saturated carbocycles. The Kier molecular flexibility index (Phi) is 4.24. The summed E-state index contributed by atoms with van der Waals surface area (Å²) in [4.78, 5) is 26.3. The maximum Gasteiger partial charge on any atom is 0.344 e. The highest BCUT2D eigenvalue weighted by Gasteiger charge is 2.40. The summed E-state index contributed by atoms with van der Waals surface area (Å²) in [5.41, 5.74) is 7.31. The largest absolute Gasteiger partial charge is 0.462 e. The van der Waals surface area contributed by atoms with Gasteiger partial charge in [-0.2, -0.15) is 0 Å². The van der Waals surface area contributed by atoms with Gasteiger partial charge in [0.25, 0.3) is 0 Å². The molecule has 27 heavy (non-hydrogen) atoms. The van der Waals surface area contributed by atoms with Crippen LogP contribution in [0.4, 0.5) is 0 Å². The molecule has 3 aromatic rings. The molecule has 7 heteroatoms. The van der Waals surface area contributed by atoms with Crippen molar-refractivity contribution in [2.45, 2.75) is 19.8 Å². The molecule has 1 aromatic carbocycles. The lowest BCUT2D eigenvalue weighted by atomic mass is 9.86. The fraction of sp³-hybridized carbons (Fsp3) is 0.200. The van der Waals surface area contributed by atoms with E-state index < -0.39 is 17.5 Å². The minimum Gasteiger partial charge on any atom is -0.462 e. The van der Waals surface area contributed by atoms with Gasteiger partial charge in [-0.1, -0.05) is 12.1 Å². The summed E-state index contributed by atoms with van der Waals surface area (Å²) in [7, 11) is 0. The average molecular weight is 383 g/mol. The van der Waals surface area contributed by atoms with Crippen molar-refractivity contribution in [1.82, 2.24) is 0 Å². The van der Waals surface area contributed by atoms with Crippen molar-refractivity contribution in [1.29, 1.82) is 0 Å². The fourth-order valence-electron chi connectivity index (χ4n) is 3.32. The van der Waals surface area contributed by atoms with Gasteiger partial charge in [-0.15, -0.1) is 11.3 Å². The van der Waals surface area contributed by atoms with Crippen LogP contribution in [0.5, 0.6) is 5.75 Å². The van der Waals surface area contributed by atoms with E-state index >= 15 is 0 Å². The molecule has 1 atom stereocenters. The van der Waals surface area contributed by atoms with Gasteiger partial charge < -0.3 is 19.6 Å². The molecule has 6 nitrogen and oxygen atoms in total. The summed E-state index contributed by atoms with van der Waals surface area (Å²) < 4.78 is 16.5. The molecule has 0 amide bonds. The van der Waals surface area contributed by atoms with Crippen molar-refractivity contribution in [3.05, 3.63) is 73.6 Å². The molecule has 1 aliphatic heterocycles. The number of nitrogens with two attached hydrogens (primary N) is 1. The van der Waals surface area contributed by atoms with Gasteiger partial charge in [0, 0.05) is 4.88 Å². The summed E-state index contributed by atoms with van der Waals surface area (Å²) in [5, 5.41) is 2.53. The molecule has 0 fully saturated rings. The van der Waals surface area contributed by atoms with E-state index in [0.717, 1.165) is 10.4 Å². The maximum atomic E-state index is 12.9. The van der Waals surface area contributed by atoms with E-state index in [1.807, 2.05) is 24.4 Å². The van der Waals surface area contributed by atoms with Crippen LogP contribution >= 0.6 is 11.3 Å². The van der Waals surface area contributed by atoms with Crippen molar-refractivity contribution >= 4 is 28.3 Å². The van der Waals surface area contributed by atoms with Crippen molar-refractivity contribution in [2.75, 3.05) is 6.61 Å². The van der Waals surface area contributed by atoms with Gasteiger partial charge in [0.2, 0.25) is 5.88 Å². The van der Waals surface area contributed by atoms with E-state index in [2.05, 4.69) is 0 Å². The summed E-state index contributed by atoms with van der Waals surface area (Å²) in [6, 6.07) is 8.99. The predicted octanol–water partition coefficient (Wildman–Crippen LogP) is 3.42. The topological polar surface area (TPSA) is 91.8 Å². The molecular weight excluding hydrogens is 366 g/mol. The Balaban J connectivity index is 2.06. The van der Waals surface area contributed by atoms with Crippen LogP contribution in [-0.2, 0) is 9.53 Å².